The Bertz CT molecular complexity index is 813. The third-order valence-electron chi connectivity index (χ3n) is 4.01. The number of anilines is 1. The molecule has 1 aromatic heterocycles. The highest BCUT2D eigenvalue weighted by Crippen LogP contribution is 2.37. The first-order valence-electron chi connectivity index (χ1n) is 7.44. The number of nitrogens with zero attached hydrogens (tertiary/aromatic N) is 1. The quantitative estimate of drug-likeness (QED) is 0.724. The molecule has 0 unspecified atom stereocenters. The van der Waals surface area contributed by atoms with Gasteiger partial charge in [-0.05, 0) is 17.7 Å². The smallest absolute Gasteiger partial charge is 0.191 e. The molecule has 4 nitrogen and oxygen atoms in total. The first-order valence-corrected chi connectivity index (χ1v) is 7.82. The number of ether oxygens (including phenoxy) is 1. The molecule has 0 atom stereocenters. The van der Waals surface area contributed by atoms with Crippen LogP contribution in [-0.2, 0) is 5.41 Å². The number of hydrogen-bond acceptors (Lipinski definition) is 4. The minimum atomic E-state index is -0.0572. The van der Waals surface area contributed by atoms with Crippen molar-refractivity contribution in [1.29, 1.82) is 0 Å². The predicted octanol–water partition coefficient (Wildman–Crippen LogP) is 4.88. The van der Waals surface area contributed by atoms with Crippen LogP contribution in [0.15, 0.2) is 47.0 Å². The molecule has 1 heterocycles. The molecule has 0 spiro atoms. The van der Waals surface area contributed by atoms with Crippen molar-refractivity contribution in [1.82, 2.24) is 5.16 Å². The molecular formula is C18H19ClN2O2. The minimum absolute atomic E-state index is 0.0572. The lowest BCUT2D eigenvalue weighted by Crippen LogP contribution is -2.27. The largest absolute Gasteiger partial charge is 0.496 e. The lowest BCUT2D eigenvalue weighted by molar-refractivity contribution is 0.419. The Morgan fingerprint density at radius 3 is 2.61 bits per heavy atom. The van der Waals surface area contributed by atoms with E-state index in [4.69, 9.17) is 20.9 Å². The zero-order valence-electron chi connectivity index (χ0n) is 13.4. The van der Waals surface area contributed by atoms with E-state index in [2.05, 4.69) is 36.5 Å². The molecule has 23 heavy (non-hydrogen) atoms. The highest BCUT2D eigenvalue weighted by molar-refractivity contribution is 6.35. The van der Waals surface area contributed by atoms with Gasteiger partial charge < -0.3 is 14.6 Å². The Kier molecular flexibility index (Phi) is 4.18. The van der Waals surface area contributed by atoms with Gasteiger partial charge >= 0.3 is 0 Å². The van der Waals surface area contributed by atoms with Gasteiger partial charge in [0.2, 0.25) is 0 Å². The normalized spacial score (nSPS) is 11.7. The molecule has 0 fully saturated rings. The molecule has 0 aliphatic rings. The van der Waals surface area contributed by atoms with E-state index in [9.17, 15) is 0 Å². The number of rotatable bonds is 5. The number of halogens is 1. The molecule has 2 aromatic carbocycles. The summed E-state index contributed by atoms with van der Waals surface area (Å²) >= 11 is 6.17. The SMILES string of the molecule is COc1ccc(Cl)c2onc(NCC(C)(C)c3ccccc3)c12. The standard InChI is InChI=1S/C18H19ClN2O2/c1-18(2,12-7-5-4-6-8-12)11-20-17-15-14(22-3)10-9-13(19)16(15)23-21-17/h4-10H,11H2,1-3H3,(H,20,21). The summed E-state index contributed by atoms with van der Waals surface area (Å²) in [7, 11) is 1.62. The summed E-state index contributed by atoms with van der Waals surface area (Å²) in [6, 6.07) is 13.9. The summed E-state index contributed by atoms with van der Waals surface area (Å²) in [4.78, 5) is 0. The van der Waals surface area contributed by atoms with Crippen molar-refractivity contribution in [3.05, 3.63) is 53.1 Å². The van der Waals surface area contributed by atoms with Crippen LogP contribution >= 0.6 is 11.6 Å². The third kappa shape index (κ3) is 2.99. The van der Waals surface area contributed by atoms with E-state index in [0.29, 0.717) is 28.7 Å². The Hall–Kier alpha value is -2.20. The Morgan fingerprint density at radius 2 is 1.91 bits per heavy atom. The second kappa shape index (κ2) is 6.13. The number of methoxy groups -OCH3 is 1. The van der Waals surface area contributed by atoms with E-state index in [1.54, 1.807) is 13.2 Å². The average molecular weight is 331 g/mol. The van der Waals surface area contributed by atoms with Gasteiger partial charge in [0.1, 0.15) is 11.1 Å². The fourth-order valence-electron chi connectivity index (χ4n) is 2.58. The summed E-state index contributed by atoms with van der Waals surface area (Å²) in [6.07, 6.45) is 0. The van der Waals surface area contributed by atoms with Gasteiger partial charge in [-0.1, -0.05) is 60.9 Å². The molecule has 0 aliphatic carbocycles. The van der Waals surface area contributed by atoms with Crippen LogP contribution in [-0.4, -0.2) is 18.8 Å². The number of hydrogen-bond donors (Lipinski definition) is 1. The summed E-state index contributed by atoms with van der Waals surface area (Å²) in [5.41, 5.74) is 1.73. The van der Waals surface area contributed by atoms with Gasteiger partial charge in [0.15, 0.2) is 11.4 Å². The molecule has 0 saturated carbocycles. The monoisotopic (exact) mass is 330 g/mol. The topological polar surface area (TPSA) is 47.3 Å². The molecule has 0 amide bonds. The fraction of sp³-hybridized carbons (Fsp3) is 0.278. The van der Waals surface area contributed by atoms with Gasteiger partial charge in [0.05, 0.1) is 12.1 Å². The van der Waals surface area contributed by atoms with E-state index in [-0.39, 0.29) is 5.41 Å². The number of fused-ring (bicyclic) bond motifs is 1. The first kappa shape index (κ1) is 15.7. The van der Waals surface area contributed by atoms with E-state index in [0.717, 1.165) is 5.39 Å². The van der Waals surface area contributed by atoms with Crippen molar-refractivity contribution >= 4 is 28.4 Å². The third-order valence-corrected chi connectivity index (χ3v) is 4.31. The van der Waals surface area contributed by atoms with Gasteiger partial charge in [0, 0.05) is 12.0 Å². The van der Waals surface area contributed by atoms with Crippen molar-refractivity contribution in [2.75, 3.05) is 19.0 Å². The molecule has 1 N–H and O–H groups in total. The molecule has 120 valence electrons. The zero-order chi connectivity index (χ0) is 16.4. The first-order chi connectivity index (χ1) is 11.0. The summed E-state index contributed by atoms with van der Waals surface area (Å²) in [5.74, 6) is 1.33. The van der Waals surface area contributed by atoms with Crippen LogP contribution in [0.1, 0.15) is 19.4 Å². The van der Waals surface area contributed by atoms with Crippen molar-refractivity contribution in [2.24, 2.45) is 0 Å². The lowest BCUT2D eigenvalue weighted by atomic mass is 9.84. The van der Waals surface area contributed by atoms with Crippen molar-refractivity contribution < 1.29 is 9.26 Å². The molecular weight excluding hydrogens is 312 g/mol. The minimum Gasteiger partial charge on any atom is -0.496 e. The number of benzene rings is 2. The van der Waals surface area contributed by atoms with Gasteiger partial charge in [0.25, 0.3) is 0 Å². The maximum Gasteiger partial charge on any atom is 0.191 e. The van der Waals surface area contributed by atoms with Crippen LogP contribution in [0, 0.1) is 0 Å². The summed E-state index contributed by atoms with van der Waals surface area (Å²) in [5, 5.41) is 8.76. The number of nitrogens with one attached hydrogen (secondary N) is 1. The molecule has 0 aliphatic heterocycles. The van der Waals surface area contributed by atoms with Crippen LogP contribution in [0.5, 0.6) is 5.75 Å². The van der Waals surface area contributed by atoms with E-state index in [1.807, 2.05) is 24.3 Å². The highest BCUT2D eigenvalue weighted by Gasteiger charge is 2.22. The maximum atomic E-state index is 6.17. The van der Waals surface area contributed by atoms with Crippen molar-refractivity contribution in [3.63, 3.8) is 0 Å². The molecule has 0 radical (unpaired) electrons. The van der Waals surface area contributed by atoms with Gasteiger partial charge in [-0.3, -0.25) is 0 Å². The van der Waals surface area contributed by atoms with Crippen molar-refractivity contribution in [2.45, 2.75) is 19.3 Å². The van der Waals surface area contributed by atoms with Crippen LogP contribution in [0.4, 0.5) is 5.82 Å². The second-order valence-corrected chi connectivity index (χ2v) is 6.50. The zero-order valence-corrected chi connectivity index (χ0v) is 14.1. The lowest BCUT2D eigenvalue weighted by Gasteiger charge is -2.25. The summed E-state index contributed by atoms with van der Waals surface area (Å²) in [6.45, 7) is 5.07. The van der Waals surface area contributed by atoms with Gasteiger partial charge in [-0.25, -0.2) is 0 Å². The maximum absolute atomic E-state index is 6.17. The Morgan fingerprint density at radius 1 is 1.17 bits per heavy atom. The van der Waals surface area contributed by atoms with Crippen LogP contribution < -0.4 is 10.1 Å². The molecule has 0 bridgehead atoms. The van der Waals surface area contributed by atoms with Crippen LogP contribution in [0.2, 0.25) is 5.02 Å². The molecule has 5 heteroatoms. The van der Waals surface area contributed by atoms with Crippen molar-refractivity contribution in [3.8, 4) is 5.75 Å². The summed E-state index contributed by atoms with van der Waals surface area (Å²) < 4.78 is 10.8. The Balaban J connectivity index is 1.89. The van der Waals surface area contributed by atoms with E-state index < -0.39 is 0 Å². The molecule has 3 aromatic rings. The van der Waals surface area contributed by atoms with Crippen LogP contribution in [0.3, 0.4) is 0 Å². The molecule has 0 saturated heterocycles. The second-order valence-electron chi connectivity index (χ2n) is 6.09. The fourth-order valence-corrected chi connectivity index (χ4v) is 2.77. The number of aromatic nitrogens is 1. The van der Waals surface area contributed by atoms with Gasteiger partial charge in [-0.15, -0.1) is 0 Å². The average Bonchev–Trinajstić information content (AvgIpc) is 2.99. The Labute approximate surface area is 140 Å². The van der Waals surface area contributed by atoms with Gasteiger partial charge in [-0.2, -0.15) is 0 Å². The van der Waals surface area contributed by atoms with E-state index in [1.165, 1.54) is 5.56 Å². The van der Waals surface area contributed by atoms with E-state index >= 15 is 0 Å². The predicted molar refractivity (Wildman–Crippen MR) is 93.5 cm³/mol. The highest BCUT2D eigenvalue weighted by atomic mass is 35.5. The van der Waals surface area contributed by atoms with Crippen LogP contribution in [0.25, 0.3) is 11.0 Å². The molecule has 3 rings (SSSR count).